The highest BCUT2D eigenvalue weighted by Gasteiger charge is 2.45. The van der Waals surface area contributed by atoms with Gasteiger partial charge in [-0.15, -0.1) is 11.3 Å². The Balaban J connectivity index is 1.69. The summed E-state index contributed by atoms with van der Waals surface area (Å²) in [5.41, 5.74) is 1.94. The summed E-state index contributed by atoms with van der Waals surface area (Å²) < 4.78 is 28.6. The summed E-state index contributed by atoms with van der Waals surface area (Å²) in [5, 5.41) is 0. The van der Waals surface area contributed by atoms with Gasteiger partial charge in [-0.1, -0.05) is 47.5 Å². The molecule has 1 fully saturated rings. The Hall–Kier alpha value is -1.47. The van der Waals surface area contributed by atoms with E-state index in [0.717, 1.165) is 28.9 Å². The molecule has 2 aliphatic rings. The van der Waals surface area contributed by atoms with E-state index in [4.69, 9.17) is 11.6 Å². The molecule has 4 nitrogen and oxygen atoms in total. The number of benzene rings is 1. The van der Waals surface area contributed by atoms with Crippen LogP contribution >= 0.6 is 22.9 Å². The van der Waals surface area contributed by atoms with Crippen LogP contribution in [0.3, 0.4) is 0 Å². The normalized spacial score (nSPS) is 23.7. The molecule has 4 rings (SSSR count). The van der Waals surface area contributed by atoms with Gasteiger partial charge in [-0.2, -0.15) is 4.31 Å². The number of carbonyl (C=O) groups is 1. The van der Waals surface area contributed by atoms with Crippen molar-refractivity contribution in [3.05, 3.63) is 64.0 Å². The first-order valence-electron chi connectivity index (χ1n) is 8.92. The second-order valence-electron chi connectivity index (χ2n) is 7.23. The van der Waals surface area contributed by atoms with Crippen molar-refractivity contribution in [2.75, 3.05) is 13.1 Å². The molecule has 1 atom stereocenters. The molecule has 0 bridgehead atoms. The SMILES string of the molecule is O=C1C=C2CCN(S(=O)(=O)c3ccc(Cl)s3)CC2(Cc2ccccc2)CC1. The predicted octanol–water partition coefficient (Wildman–Crippen LogP) is 4.31. The van der Waals surface area contributed by atoms with Crippen LogP contribution in [0.5, 0.6) is 0 Å². The molecule has 1 unspecified atom stereocenters. The summed E-state index contributed by atoms with van der Waals surface area (Å²) in [5.74, 6) is 0.148. The Bertz CT molecular complexity index is 997. The predicted molar refractivity (Wildman–Crippen MR) is 108 cm³/mol. The molecular weight excluding hydrogens is 402 g/mol. The van der Waals surface area contributed by atoms with Gasteiger partial charge >= 0.3 is 0 Å². The Morgan fingerprint density at radius 3 is 2.59 bits per heavy atom. The molecular formula is C20H20ClNO3S2. The third-order valence-electron chi connectivity index (χ3n) is 5.50. The average Bonchev–Trinajstić information content (AvgIpc) is 3.10. The van der Waals surface area contributed by atoms with Gasteiger partial charge < -0.3 is 0 Å². The third-order valence-corrected chi connectivity index (χ3v) is 9.05. The third kappa shape index (κ3) is 3.63. The molecule has 2 heterocycles. The molecule has 0 saturated carbocycles. The zero-order valence-corrected chi connectivity index (χ0v) is 17.1. The maximum absolute atomic E-state index is 13.1. The van der Waals surface area contributed by atoms with E-state index in [2.05, 4.69) is 12.1 Å². The number of thiophene rings is 1. The van der Waals surface area contributed by atoms with Crippen molar-refractivity contribution in [1.82, 2.24) is 4.31 Å². The number of allylic oxidation sites excluding steroid dienone is 1. The van der Waals surface area contributed by atoms with E-state index in [0.29, 0.717) is 36.7 Å². The number of rotatable bonds is 4. The summed E-state index contributed by atoms with van der Waals surface area (Å²) in [6.07, 6.45) is 4.25. The van der Waals surface area contributed by atoms with Crippen LogP contribution in [0.1, 0.15) is 24.8 Å². The van der Waals surface area contributed by atoms with Crippen LogP contribution in [0.25, 0.3) is 0 Å². The van der Waals surface area contributed by atoms with E-state index in [1.807, 2.05) is 18.2 Å². The monoisotopic (exact) mass is 421 g/mol. The maximum atomic E-state index is 13.1. The molecule has 1 aromatic heterocycles. The molecule has 27 heavy (non-hydrogen) atoms. The summed E-state index contributed by atoms with van der Waals surface area (Å²) in [4.78, 5) is 12.0. The zero-order valence-electron chi connectivity index (χ0n) is 14.7. The minimum atomic E-state index is -3.58. The zero-order chi connectivity index (χ0) is 19.1. The van der Waals surface area contributed by atoms with Crippen LogP contribution < -0.4 is 0 Å². The van der Waals surface area contributed by atoms with Gasteiger partial charge in [-0.05, 0) is 43.0 Å². The molecule has 142 valence electrons. The second kappa shape index (κ2) is 7.17. The fraction of sp³-hybridized carbons (Fsp3) is 0.350. The van der Waals surface area contributed by atoms with Gasteiger partial charge in [0.2, 0.25) is 0 Å². The lowest BCUT2D eigenvalue weighted by Crippen LogP contribution is -2.49. The van der Waals surface area contributed by atoms with Crippen LogP contribution in [0, 0.1) is 5.41 Å². The van der Waals surface area contributed by atoms with E-state index < -0.39 is 10.0 Å². The molecule has 0 amide bonds. The summed E-state index contributed by atoms with van der Waals surface area (Å²) in [7, 11) is -3.58. The Morgan fingerprint density at radius 1 is 1.11 bits per heavy atom. The van der Waals surface area contributed by atoms with Gasteiger partial charge in [-0.25, -0.2) is 8.42 Å². The highest BCUT2D eigenvalue weighted by molar-refractivity contribution is 7.91. The van der Waals surface area contributed by atoms with Crippen molar-refractivity contribution < 1.29 is 13.2 Å². The molecule has 2 aromatic rings. The van der Waals surface area contributed by atoms with Crippen LogP contribution in [0.15, 0.2) is 58.3 Å². The number of halogens is 1. The molecule has 0 radical (unpaired) electrons. The first kappa shape index (κ1) is 18.9. The highest BCUT2D eigenvalue weighted by Crippen LogP contribution is 2.46. The summed E-state index contributed by atoms with van der Waals surface area (Å²) >= 11 is 7.04. The molecule has 0 N–H and O–H groups in total. The number of sulfonamides is 1. The largest absolute Gasteiger partial charge is 0.295 e. The number of hydrogen-bond donors (Lipinski definition) is 0. The molecule has 7 heteroatoms. The molecule has 1 saturated heterocycles. The number of fused-ring (bicyclic) bond motifs is 1. The van der Waals surface area contributed by atoms with Crippen molar-refractivity contribution >= 4 is 38.7 Å². The quantitative estimate of drug-likeness (QED) is 0.738. The van der Waals surface area contributed by atoms with Crippen LogP contribution in [-0.2, 0) is 21.2 Å². The Morgan fingerprint density at radius 2 is 1.89 bits per heavy atom. The lowest BCUT2D eigenvalue weighted by atomic mass is 9.66. The second-order valence-corrected chi connectivity index (χ2v) is 11.1. The van der Waals surface area contributed by atoms with Gasteiger partial charge in [0.25, 0.3) is 10.0 Å². The van der Waals surface area contributed by atoms with E-state index in [1.165, 1.54) is 0 Å². The lowest BCUT2D eigenvalue weighted by Gasteiger charge is -2.46. The maximum Gasteiger partial charge on any atom is 0.252 e. The minimum Gasteiger partial charge on any atom is -0.295 e. The van der Waals surface area contributed by atoms with Crippen LogP contribution in [0.2, 0.25) is 4.34 Å². The van der Waals surface area contributed by atoms with E-state index in [1.54, 1.807) is 22.5 Å². The molecule has 1 aromatic carbocycles. The van der Waals surface area contributed by atoms with Gasteiger partial charge in [-0.3, -0.25) is 4.79 Å². The van der Waals surface area contributed by atoms with Gasteiger partial charge in [0.15, 0.2) is 5.78 Å². The fourth-order valence-corrected chi connectivity index (χ4v) is 7.30. The van der Waals surface area contributed by atoms with E-state index >= 15 is 0 Å². The lowest BCUT2D eigenvalue weighted by molar-refractivity contribution is -0.116. The Kier molecular flexibility index (Phi) is 5.01. The number of nitrogens with zero attached hydrogens (tertiary/aromatic N) is 1. The average molecular weight is 422 g/mol. The van der Waals surface area contributed by atoms with Crippen molar-refractivity contribution in [3.63, 3.8) is 0 Å². The Labute approximate surface area is 168 Å². The van der Waals surface area contributed by atoms with Gasteiger partial charge in [0, 0.05) is 24.9 Å². The van der Waals surface area contributed by atoms with Gasteiger partial charge in [0.1, 0.15) is 4.21 Å². The highest BCUT2D eigenvalue weighted by atomic mass is 35.5. The fourth-order valence-electron chi connectivity index (χ4n) is 4.14. The number of hydrogen-bond acceptors (Lipinski definition) is 4. The number of ketones is 1. The van der Waals surface area contributed by atoms with Crippen LogP contribution in [-0.4, -0.2) is 31.6 Å². The van der Waals surface area contributed by atoms with E-state index in [-0.39, 0.29) is 15.4 Å². The number of piperidine rings is 1. The van der Waals surface area contributed by atoms with Crippen molar-refractivity contribution in [3.8, 4) is 0 Å². The van der Waals surface area contributed by atoms with Crippen molar-refractivity contribution in [2.45, 2.75) is 29.9 Å². The van der Waals surface area contributed by atoms with Crippen LogP contribution in [0.4, 0.5) is 0 Å². The summed E-state index contributed by atoms with van der Waals surface area (Å²) in [6.45, 7) is 0.798. The molecule has 1 aliphatic carbocycles. The smallest absolute Gasteiger partial charge is 0.252 e. The topological polar surface area (TPSA) is 54.5 Å². The van der Waals surface area contributed by atoms with Crippen molar-refractivity contribution in [1.29, 1.82) is 0 Å². The number of carbonyl (C=O) groups excluding carboxylic acids is 1. The summed E-state index contributed by atoms with van der Waals surface area (Å²) in [6, 6.07) is 13.3. The molecule has 0 spiro atoms. The van der Waals surface area contributed by atoms with Crippen molar-refractivity contribution in [2.24, 2.45) is 5.41 Å². The standard InChI is InChI=1S/C20H20ClNO3S2/c21-18-6-7-19(26-18)27(24,25)22-11-9-16-12-17(23)8-10-20(16,14-22)13-15-4-2-1-3-5-15/h1-7,12H,8-11,13-14H2. The first-order chi connectivity index (χ1) is 12.9. The molecule has 1 aliphatic heterocycles. The minimum absolute atomic E-state index is 0.148. The first-order valence-corrected chi connectivity index (χ1v) is 11.6. The van der Waals surface area contributed by atoms with Gasteiger partial charge in [0.05, 0.1) is 4.34 Å². The van der Waals surface area contributed by atoms with E-state index in [9.17, 15) is 13.2 Å².